The molecule has 0 aromatic heterocycles. The van der Waals surface area contributed by atoms with Crippen LogP contribution in [0.2, 0.25) is 39.3 Å². The van der Waals surface area contributed by atoms with Crippen molar-refractivity contribution >= 4 is 30.9 Å². The summed E-state index contributed by atoms with van der Waals surface area (Å²) in [7, 11) is 0.288. The van der Waals surface area contributed by atoms with Crippen molar-refractivity contribution in [3.63, 3.8) is 0 Å². The van der Waals surface area contributed by atoms with Gasteiger partial charge in [-0.05, 0) is 19.2 Å². The van der Waals surface area contributed by atoms with Gasteiger partial charge in [-0.3, -0.25) is 0 Å². The maximum atomic E-state index is 10.2. The van der Waals surface area contributed by atoms with E-state index < -0.39 is 22.4 Å². The third kappa shape index (κ3) is 11.4. The molecule has 0 saturated heterocycles. The van der Waals surface area contributed by atoms with Gasteiger partial charge in [-0.25, -0.2) is 4.79 Å². The topological polar surface area (TPSA) is 40.5 Å². The maximum absolute atomic E-state index is 10.2. The van der Waals surface area contributed by atoms with Crippen LogP contribution in [-0.2, 0) is 0 Å². The summed E-state index contributed by atoms with van der Waals surface area (Å²) in [6.45, 7) is 14.4. The molecule has 0 saturated carbocycles. The Hall–Kier alpha value is 0.149. The summed E-state index contributed by atoms with van der Waals surface area (Å²) in [6, 6.07) is 8.30. The van der Waals surface area contributed by atoms with Gasteiger partial charge in [0, 0.05) is 0 Å². The van der Waals surface area contributed by atoms with Gasteiger partial charge in [-0.15, -0.1) is 0 Å². The first kappa shape index (κ1) is 26.1. The second kappa shape index (κ2) is 10.8. The number of rotatable bonds is 3. The predicted octanol–water partition coefficient (Wildman–Crippen LogP) is -0.475. The van der Waals surface area contributed by atoms with Crippen LogP contribution in [0.3, 0.4) is 0 Å². The van der Waals surface area contributed by atoms with Crippen molar-refractivity contribution in [3.05, 3.63) is 35.9 Å². The van der Waals surface area contributed by atoms with Crippen molar-refractivity contribution in [2.24, 2.45) is 0 Å². The summed E-state index contributed by atoms with van der Waals surface area (Å²) >= 11 is 0. The summed E-state index contributed by atoms with van der Waals surface area (Å²) in [4.78, 5) is 10.2. The first-order valence-electron chi connectivity index (χ1n) is 6.48. The van der Waals surface area contributed by atoms with E-state index in [1.807, 2.05) is 0 Å². The fourth-order valence-electron chi connectivity index (χ4n) is 1.59. The molecule has 3 nitrogen and oxygen atoms in total. The van der Waals surface area contributed by atoms with Crippen LogP contribution >= 0.6 is 0 Å². The molecule has 21 heavy (non-hydrogen) atoms. The van der Waals surface area contributed by atoms with E-state index in [0.29, 0.717) is 5.56 Å². The molecule has 0 aliphatic heterocycles. The molecule has 0 atom stereocenters. The van der Waals surface area contributed by atoms with Crippen LogP contribution in [0.5, 0.6) is 0 Å². The third-order valence-electron chi connectivity index (χ3n) is 3.03. The van der Waals surface area contributed by atoms with Crippen LogP contribution in [0.4, 0.5) is 0 Å². The van der Waals surface area contributed by atoms with Crippen LogP contribution in [0.25, 0.3) is 0 Å². The SMILES string of the molecule is CN([Si](C)(C)C)[Si](C)(C)C.O=C(O)c1ccccc1.[BH4-].[Na+]. The van der Waals surface area contributed by atoms with Crippen molar-refractivity contribution in [2.75, 3.05) is 7.05 Å². The van der Waals surface area contributed by atoms with Gasteiger partial charge in [0.1, 0.15) is 16.5 Å². The van der Waals surface area contributed by atoms with Crippen LogP contribution in [0.15, 0.2) is 30.3 Å². The minimum absolute atomic E-state index is 0. The predicted molar refractivity (Wildman–Crippen MR) is 99.2 cm³/mol. The van der Waals surface area contributed by atoms with Crippen molar-refractivity contribution in [3.8, 4) is 0 Å². The third-order valence-corrected chi connectivity index (χ3v) is 11.1. The molecule has 116 valence electrons. The summed E-state index contributed by atoms with van der Waals surface area (Å²) in [5.74, 6) is -0.879. The number of carboxylic acid groups (broad SMARTS) is 1. The first-order valence-corrected chi connectivity index (χ1v) is 13.4. The van der Waals surface area contributed by atoms with Gasteiger partial charge in [0.05, 0.1) is 5.56 Å². The normalized spacial score (nSPS) is 10.7. The van der Waals surface area contributed by atoms with E-state index in [2.05, 4.69) is 50.6 Å². The van der Waals surface area contributed by atoms with Crippen LogP contribution < -0.4 is 29.6 Å². The Balaban J connectivity index is -0.000000282. The van der Waals surface area contributed by atoms with E-state index in [9.17, 15) is 4.79 Å². The van der Waals surface area contributed by atoms with Crippen LogP contribution in [-0.4, -0.2) is 47.2 Å². The molecule has 1 rings (SSSR count). The fraction of sp³-hybridized carbons (Fsp3) is 0.500. The molecule has 0 spiro atoms. The van der Waals surface area contributed by atoms with Gasteiger partial charge >= 0.3 is 35.5 Å². The van der Waals surface area contributed by atoms with Crippen molar-refractivity contribution in [1.29, 1.82) is 0 Å². The van der Waals surface area contributed by atoms with E-state index in [0.717, 1.165) is 0 Å². The molecule has 0 aliphatic rings. The molecule has 1 N–H and O–H groups in total. The zero-order chi connectivity index (χ0) is 15.3. The molecule has 1 aromatic rings. The molecule has 0 aliphatic carbocycles. The number of hydrogen-bond donors (Lipinski definition) is 1. The number of carboxylic acids is 1. The Morgan fingerprint density at radius 3 is 1.43 bits per heavy atom. The minimum atomic E-state index is -1.00. The summed E-state index contributed by atoms with van der Waals surface area (Å²) in [6.07, 6.45) is 0. The number of hydrogen-bond acceptors (Lipinski definition) is 2. The zero-order valence-electron chi connectivity index (χ0n) is 14.2. The zero-order valence-corrected chi connectivity index (χ0v) is 18.2. The van der Waals surface area contributed by atoms with Crippen molar-refractivity contribution in [1.82, 2.24) is 4.23 Å². The number of aromatic carboxylic acids is 1. The van der Waals surface area contributed by atoms with E-state index >= 15 is 0 Å². The molecule has 7 heteroatoms. The fourth-order valence-corrected chi connectivity index (χ4v) is 9.64. The van der Waals surface area contributed by atoms with Gasteiger partial charge in [0.2, 0.25) is 0 Å². The standard InChI is InChI=1S/C7H21NSi2.C7H6O2.BH4.Na/c1-8(9(2,3)4)10(5,6)7;8-7(9)6-4-2-1-3-5-6;;/h1-7H3;1-5H,(H,8,9);1H4;/q;;-1;+1. The smallest absolute Gasteiger partial charge is 0.478 e. The van der Waals surface area contributed by atoms with E-state index in [4.69, 9.17) is 5.11 Å². The Morgan fingerprint density at radius 2 is 1.29 bits per heavy atom. The van der Waals surface area contributed by atoms with Gasteiger partial charge in [-0.1, -0.05) is 65.9 Å². The largest absolute Gasteiger partial charge is 1.00 e. The van der Waals surface area contributed by atoms with Crippen molar-refractivity contribution < 1.29 is 39.5 Å². The summed E-state index contributed by atoms with van der Waals surface area (Å²) < 4.78 is 2.65. The molecule has 0 amide bonds. The first-order chi connectivity index (χ1) is 8.46. The van der Waals surface area contributed by atoms with Gasteiger partial charge < -0.3 is 9.34 Å². The van der Waals surface area contributed by atoms with Crippen molar-refractivity contribution in [2.45, 2.75) is 39.3 Å². The van der Waals surface area contributed by atoms with E-state index in [1.165, 1.54) is 0 Å². The van der Waals surface area contributed by atoms with Gasteiger partial charge in [0.15, 0.2) is 0 Å². The second-order valence-electron chi connectivity index (χ2n) is 6.57. The molecule has 0 radical (unpaired) electrons. The Kier molecular flexibility index (Phi) is 13.4. The quantitative estimate of drug-likeness (QED) is 0.759. The van der Waals surface area contributed by atoms with E-state index in [1.54, 1.807) is 30.3 Å². The average Bonchev–Trinajstić information content (AvgIpc) is 2.27. The Bertz CT molecular complexity index is 392. The molecular formula is C14H31BNNaO2Si2. The van der Waals surface area contributed by atoms with Crippen LogP contribution in [0, 0.1) is 0 Å². The molecule has 0 bridgehead atoms. The monoisotopic (exact) mass is 335 g/mol. The second-order valence-corrected chi connectivity index (χ2v) is 17.0. The summed E-state index contributed by atoms with van der Waals surface area (Å²) in [5.41, 5.74) is 0.331. The number of carbonyl (C=O) groups is 1. The summed E-state index contributed by atoms with van der Waals surface area (Å²) in [5, 5.41) is 8.38. The maximum Gasteiger partial charge on any atom is 1.00 e. The molecule has 1 aromatic carbocycles. The minimum Gasteiger partial charge on any atom is -0.478 e. The van der Waals surface area contributed by atoms with Gasteiger partial charge in [0.25, 0.3) is 0 Å². The number of nitrogens with zero attached hydrogens (tertiary/aromatic N) is 1. The molecule has 0 unspecified atom stereocenters. The molecule has 0 heterocycles. The van der Waals surface area contributed by atoms with E-state index in [-0.39, 0.29) is 38.0 Å². The Labute approximate surface area is 156 Å². The van der Waals surface area contributed by atoms with Crippen LogP contribution in [0.1, 0.15) is 10.4 Å². The Morgan fingerprint density at radius 1 is 0.952 bits per heavy atom. The molecule has 0 fully saturated rings. The molecular weight excluding hydrogens is 304 g/mol. The average molecular weight is 335 g/mol. The van der Waals surface area contributed by atoms with Gasteiger partial charge in [-0.2, -0.15) is 0 Å². The number of benzene rings is 1.